The van der Waals surface area contributed by atoms with Gasteiger partial charge in [0.05, 0.1) is 0 Å². The normalized spacial score (nSPS) is 15.6. The van der Waals surface area contributed by atoms with Gasteiger partial charge in [-0.3, -0.25) is 4.79 Å². The van der Waals surface area contributed by atoms with Crippen LogP contribution in [0.3, 0.4) is 0 Å². The second kappa shape index (κ2) is 4.16. The largest absolute Gasteiger partial charge is 0.438 e. The second-order valence-corrected chi connectivity index (χ2v) is 3.08. The van der Waals surface area contributed by atoms with Crippen molar-refractivity contribution in [1.82, 2.24) is 0 Å². The quantitative estimate of drug-likeness (QED) is 0.574. The highest BCUT2D eigenvalue weighted by atomic mass is 19.4. The molecular weight excluding hydrogens is 316 g/mol. The lowest BCUT2D eigenvalue weighted by Gasteiger charge is -2.37. The maximum Gasteiger partial charge on any atom is 0.438 e. The molecule has 0 aliphatic rings. The molecule has 0 amide bonds. The standard InChI is InChI=1S/C6F12O/c7-1(19)2(8,9)4(11,12)3(10,5(13,14)15)6(16,17)18. The summed E-state index contributed by atoms with van der Waals surface area (Å²) in [5, 5.41) is 0. The van der Waals surface area contributed by atoms with Gasteiger partial charge in [0, 0.05) is 0 Å². The van der Waals surface area contributed by atoms with Crippen molar-refractivity contribution in [3.8, 4) is 0 Å². The molecule has 0 unspecified atom stereocenters. The maximum atomic E-state index is 12.6. The Morgan fingerprint density at radius 3 is 1.05 bits per heavy atom. The molecule has 0 heterocycles. The molecule has 0 aromatic heterocycles. The highest BCUT2D eigenvalue weighted by molar-refractivity contribution is 5.78. The van der Waals surface area contributed by atoms with Crippen LogP contribution < -0.4 is 0 Å². The van der Waals surface area contributed by atoms with Crippen LogP contribution in [0.4, 0.5) is 52.7 Å². The number of halogens is 12. The Labute approximate surface area is 94.7 Å². The van der Waals surface area contributed by atoms with E-state index >= 15 is 0 Å². The van der Waals surface area contributed by atoms with Crippen molar-refractivity contribution in [2.75, 3.05) is 0 Å². The Morgan fingerprint density at radius 2 is 0.895 bits per heavy atom. The van der Waals surface area contributed by atoms with Gasteiger partial charge in [-0.05, 0) is 0 Å². The molecule has 0 fully saturated rings. The number of hydrogen-bond donors (Lipinski definition) is 0. The van der Waals surface area contributed by atoms with Crippen LogP contribution in [0.15, 0.2) is 0 Å². The lowest BCUT2D eigenvalue weighted by molar-refractivity contribution is -0.421. The summed E-state index contributed by atoms with van der Waals surface area (Å²) in [6.07, 6.45) is -15.2. The molecule has 0 N–H and O–H groups in total. The second-order valence-electron chi connectivity index (χ2n) is 3.08. The average molecular weight is 316 g/mol. The number of hydrogen-bond acceptors (Lipinski definition) is 1. The van der Waals surface area contributed by atoms with E-state index in [0.29, 0.717) is 0 Å². The molecular formula is C6F12O. The van der Waals surface area contributed by atoms with Gasteiger partial charge in [0.2, 0.25) is 0 Å². The molecule has 0 aliphatic carbocycles. The van der Waals surface area contributed by atoms with Crippen molar-refractivity contribution in [2.24, 2.45) is 0 Å². The van der Waals surface area contributed by atoms with E-state index in [0.717, 1.165) is 0 Å². The number of alkyl halides is 11. The van der Waals surface area contributed by atoms with E-state index < -0.39 is 35.9 Å². The van der Waals surface area contributed by atoms with Crippen molar-refractivity contribution in [2.45, 2.75) is 29.9 Å². The van der Waals surface area contributed by atoms with Gasteiger partial charge in [-0.1, -0.05) is 0 Å². The minimum Gasteiger partial charge on any atom is -0.254 e. The van der Waals surface area contributed by atoms with Crippen LogP contribution in [0.2, 0.25) is 0 Å². The zero-order chi connectivity index (χ0) is 16.1. The molecule has 0 spiro atoms. The van der Waals surface area contributed by atoms with Crippen molar-refractivity contribution in [3.63, 3.8) is 0 Å². The Bertz CT molecular complexity index is 347. The predicted molar refractivity (Wildman–Crippen MR) is 32.0 cm³/mol. The van der Waals surface area contributed by atoms with Crippen LogP contribution in [0, 0.1) is 0 Å². The fourth-order valence-electron chi connectivity index (χ4n) is 0.856. The van der Waals surface area contributed by atoms with Crippen LogP contribution in [0.1, 0.15) is 0 Å². The fraction of sp³-hybridized carbons (Fsp3) is 0.833. The van der Waals surface area contributed by atoms with Gasteiger partial charge in [0.25, 0.3) is 0 Å². The summed E-state index contributed by atoms with van der Waals surface area (Å²) in [7, 11) is 0. The smallest absolute Gasteiger partial charge is 0.254 e. The van der Waals surface area contributed by atoms with E-state index in [2.05, 4.69) is 0 Å². The van der Waals surface area contributed by atoms with Gasteiger partial charge < -0.3 is 0 Å². The Hall–Kier alpha value is -1.17. The van der Waals surface area contributed by atoms with Crippen molar-refractivity contribution < 1.29 is 57.5 Å². The first-order chi connectivity index (χ1) is 7.94. The molecule has 0 aromatic rings. The van der Waals surface area contributed by atoms with Crippen LogP contribution in [-0.4, -0.2) is 35.9 Å². The third-order valence-corrected chi connectivity index (χ3v) is 1.86. The lowest BCUT2D eigenvalue weighted by Crippen LogP contribution is -2.71. The molecule has 0 aromatic carbocycles. The zero-order valence-electron chi connectivity index (χ0n) is 7.94. The highest BCUT2D eigenvalue weighted by Crippen LogP contribution is 2.59. The maximum absolute atomic E-state index is 12.6. The van der Waals surface area contributed by atoms with Gasteiger partial charge in [-0.25, -0.2) is 4.39 Å². The molecule has 0 aliphatic heterocycles. The average Bonchev–Trinajstić information content (AvgIpc) is 2.11. The van der Waals surface area contributed by atoms with Crippen molar-refractivity contribution >= 4 is 6.04 Å². The monoisotopic (exact) mass is 316 g/mol. The number of carbonyl (C=O) groups excluding carboxylic acids is 1. The molecule has 114 valence electrons. The SMILES string of the molecule is O=C(F)C(F)(F)C(F)(F)C(F)(C(F)(F)F)C(F)(F)F. The van der Waals surface area contributed by atoms with Gasteiger partial charge in [0.1, 0.15) is 0 Å². The third kappa shape index (κ3) is 2.22. The van der Waals surface area contributed by atoms with Crippen LogP contribution in [0.5, 0.6) is 0 Å². The van der Waals surface area contributed by atoms with E-state index in [9.17, 15) is 57.5 Å². The van der Waals surface area contributed by atoms with Crippen molar-refractivity contribution in [1.29, 1.82) is 0 Å². The molecule has 0 saturated carbocycles. The molecule has 0 bridgehead atoms. The zero-order valence-corrected chi connectivity index (χ0v) is 7.94. The molecule has 0 atom stereocenters. The number of carbonyl (C=O) groups is 1. The van der Waals surface area contributed by atoms with Crippen LogP contribution in [0.25, 0.3) is 0 Å². The fourth-order valence-corrected chi connectivity index (χ4v) is 0.856. The lowest BCUT2D eigenvalue weighted by atomic mass is 9.91. The summed E-state index contributed by atoms with van der Waals surface area (Å²) in [5.74, 6) is -14.9. The molecule has 0 radical (unpaired) electrons. The van der Waals surface area contributed by atoms with E-state index in [1.165, 1.54) is 0 Å². The van der Waals surface area contributed by atoms with Crippen LogP contribution in [-0.2, 0) is 4.79 Å². The minimum absolute atomic E-state index is 4.55. The summed E-state index contributed by atoms with van der Waals surface area (Å²) < 4.78 is 144. The molecule has 0 saturated heterocycles. The highest BCUT2D eigenvalue weighted by Gasteiger charge is 2.91. The van der Waals surface area contributed by atoms with E-state index in [-0.39, 0.29) is 0 Å². The van der Waals surface area contributed by atoms with E-state index in [4.69, 9.17) is 0 Å². The first-order valence-corrected chi connectivity index (χ1v) is 3.72. The predicted octanol–water partition coefficient (Wildman–Crippen LogP) is 3.59. The summed E-state index contributed by atoms with van der Waals surface area (Å²) >= 11 is 0. The van der Waals surface area contributed by atoms with E-state index in [1.54, 1.807) is 0 Å². The van der Waals surface area contributed by atoms with Gasteiger partial charge >= 0.3 is 35.9 Å². The topological polar surface area (TPSA) is 17.1 Å². The summed E-state index contributed by atoms with van der Waals surface area (Å²) in [5.41, 5.74) is -7.81. The van der Waals surface area contributed by atoms with E-state index in [1.807, 2.05) is 0 Å². The first kappa shape index (κ1) is 17.8. The molecule has 1 nitrogen and oxygen atoms in total. The molecule has 19 heavy (non-hydrogen) atoms. The number of rotatable bonds is 3. The Kier molecular flexibility index (Phi) is 3.91. The minimum atomic E-state index is -7.81. The van der Waals surface area contributed by atoms with Gasteiger partial charge in [-0.2, -0.15) is 48.3 Å². The van der Waals surface area contributed by atoms with Gasteiger partial charge in [0.15, 0.2) is 0 Å². The summed E-state index contributed by atoms with van der Waals surface area (Å²) in [4.78, 5) is 9.41. The van der Waals surface area contributed by atoms with Crippen molar-refractivity contribution in [3.05, 3.63) is 0 Å². The Balaban J connectivity index is 6.29. The van der Waals surface area contributed by atoms with Crippen LogP contribution >= 0.6 is 0 Å². The Morgan fingerprint density at radius 1 is 0.632 bits per heavy atom. The summed E-state index contributed by atoms with van der Waals surface area (Å²) in [6, 6.07) is -4.55. The van der Waals surface area contributed by atoms with Gasteiger partial charge in [-0.15, -0.1) is 0 Å². The molecule has 13 heteroatoms. The molecule has 0 rings (SSSR count). The third-order valence-electron chi connectivity index (χ3n) is 1.86. The summed E-state index contributed by atoms with van der Waals surface area (Å²) in [6.45, 7) is 0. The first-order valence-electron chi connectivity index (χ1n) is 3.72.